The summed E-state index contributed by atoms with van der Waals surface area (Å²) in [6.45, 7) is 2.57. The van der Waals surface area contributed by atoms with Gasteiger partial charge in [0.1, 0.15) is 30.5 Å². The van der Waals surface area contributed by atoms with Crippen molar-refractivity contribution in [3.8, 4) is 0 Å². The van der Waals surface area contributed by atoms with Crippen LogP contribution < -0.4 is 5.32 Å². The number of fused-ring (bicyclic) bond motifs is 1. The second kappa shape index (κ2) is 9.52. The molecule has 170 valence electrons. The average molecular weight is 450 g/mol. The van der Waals surface area contributed by atoms with E-state index in [0.29, 0.717) is 0 Å². The maximum absolute atomic E-state index is 10.6. The highest BCUT2D eigenvalue weighted by Crippen LogP contribution is 2.40. The summed E-state index contributed by atoms with van der Waals surface area (Å²) in [5.74, 6) is 1.89. The third-order valence-corrected chi connectivity index (χ3v) is 7.64. The first kappa shape index (κ1) is 22.6. The van der Waals surface area contributed by atoms with Gasteiger partial charge in [0.05, 0.1) is 19.5 Å². The fraction of sp³-hybridized carbons (Fsp3) is 0.565. The predicted molar refractivity (Wildman–Crippen MR) is 119 cm³/mol. The highest BCUT2D eigenvalue weighted by Gasteiger charge is 2.46. The van der Waals surface area contributed by atoms with E-state index in [-0.39, 0.29) is 11.8 Å². The first-order valence-electron chi connectivity index (χ1n) is 10.7. The third-order valence-electron chi connectivity index (χ3n) is 6.57. The van der Waals surface area contributed by atoms with Crippen LogP contribution in [0.1, 0.15) is 12.5 Å². The fourth-order valence-corrected chi connectivity index (χ4v) is 5.60. The molecule has 1 aromatic carbocycles. The number of hydrogen-bond acceptors (Lipinski definition) is 8. The number of nitrogens with one attached hydrogen (secondary N) is 1. The van der Waals surface area contributed by atoms with Gasteiger partial charge in [0.15, 0.2) is 0 Å². The Bertz CT molecular complexity index is 856. The van der Waals surface area contributed by atoms with Crippen molar-refractivity contribution in [1.82, 2.24) is 0 Å². The Kier molecular flexibility index (Phi) is 6.95. The third kappa shape index (κ3) is 4.37. The smallest absolute Gasteiger partial charge is 0.113 e. The first-order valence-corrected chi connectivity index (χ1v) is 11.7. The summed E-state index contributed by atoms with van der Waals surface area (Å²) < 4.78 is 11.5. The van der Waals surface area contributed by atoms with E-state index in [1.54, 1.807) is 7.11 Å². The van der Waals surface area contributed by atoms with Crippen LogP contribution in [0, 0.1) is 11.8 Å². The molecule has 0 aromatic heterocycles. The van der Waals surface area contributed by atoms with Crippen LogP contribution in [0.25, 0.3) is 0 Å². The molecule has 0 saturated carbocycles. The Balaban J connectivity index is 1.58. The average Bonchev–Trinajstić information content (AvgIpc) is 2.79. The van der Waals surface area contributed by atoms with Gasteiger partial charge in [-0.3, -0.25) is 0 Å². The van der Waals surface area contributed by atoms with Crippen LogP contribution in [-0.2, 0) is 15.9 Å². The molecular weight excluding hydrogens is 418 g/mol. The van der Waals surface area contributed by atoms with Crippen molar-refractivity contribution in [3.05, 3.63) is 47.2 Å². The highest BCUT2D eigenvalue weighted by molar-refractivity contribution is 7.99. The monoisotopic (exact) mass is 449 g/mol. The predicted octanol–water partition coefficient (Wildman–Crippen LogP) is 1.31. The summed E-state index contributed by atoms with van der Waals surface area (Å²) in [7, 11) is 1.66. The Labute approximate surface area is 186 Å². The Morgan fingerprint density at radius 2 is 1.97 bits per heavy atom. The van der Waals surface area contributed by atoms with Crippen LogP contribution in [0.5, 0.6) is 0 Å². The number of aliphatic hydroxyl groups excluding tert-OH is 4. The molecule has 2 aliphatic heterocycles. The molecule has 1 fully saturated rings. The van der Waals surface area contributed by atoms with Crippen LogP contribution in [-0.4, -0.2) is 77.0 Å². The summed E-state index contributed by atoms with van der Waals surface area (Å²) >= 11 is 1.85. The molecule has 7 atom stereocenters. The van der Waals surface area contributed by atoms with Crippen LogP contribution in [0.4, 0.5) is 5.69 Å². The quantitative estimate of drug-likeness (QED) is 0.458. The minimum absolute atomic E-state index is 0.0201. The summed E-state index contributed by atoms with van der Waals surface area (Å²) in [5, 5.41) is 43.9. The SMILES string of the molecule is COC1=CC=C([C@@H]2O[C@H](CO)[C@@H](O)[C@H](O)[C@H]2O)C(C)C1Cc1ccc2c(c1)NCCS2. The van der Waals surface area contributed by atoms with Gasteiger partial charge in [-0.15, -0.1) is 11.8 Å². The van der Waals surface area contributed by atoms with Crippen LogP contribution >= 0.6 is 11.8 Å². The van der Waals surface area contributed by atoms with Gasteiger partial charge in [-0.25, -0.2) is 0 Å². The van der Waals surface area contributed by atoms with Gasteiger partial charge < -0.3 is 35.2 Å². The molecule has 0 radical (unpaired) electrons. The highest BCUT2D eigenvalue weighted by atomic mass is 32.2. The molecular formula is C23H31NO6S. The molecule has 2 heterocycles. The number of methoxy groups -OCH3 is 1. The van der Waals surface area contributed by atoms with Gasteiger partial charge >= 0.3 is 0 Å². The van der Waals surface area contributed by atoms with E-state index in [2.05, 4.69) is 30.4 Å². The van der Waals surface area contributed by atoms with Crippen molar-refractivity contribution in [1.29, 1.82) is 0 Å². The van der Waals surface area contributed by atoms with Crippen LogP contribution in [0.15, 0.2) is 46.6 Å². The molecule has 5 N–H and O–H groups in total. The molecule has 1 saturated heterocycles. The maximum atomic E-state index is 10.6. The lowest BCUT2D eigenvalue weighted by atomic mass is 9.74. The van der Waals surface area contributed by atoms with Gasteiger partial charge in [0.2, 0.25) is 0 Å². The molecule has 1 aliphatic carbocycles. The van der Waals surface area contributed by atoms with Crippen LogP contribution in [0.3, 0.4) is 0 Å². The minimum Gasteiger partial charge on any atom is -0.501 e. The summed E-state index contributed by atoms with van der Waals surface area (Å²) in [6.07, 6.45) is -1.29. The van der Waals surface area contributed by atoms with E-state index < -0.39 is 37.1 Å². The Morgan fingerprint density at radius 1 is 1.16 bits per heavy atom. The number of ether oxygens (including phenoxy) is 2. The van der Waals surface area contributed by atoms with E-state index in [1.807, 2.05) is 23.9 Å². The Morgan fingerprint density at radius 3 is 2.71 bits per heavy atom. The van der Waals surface area contributed by atoms with Crippen LogP contribution in [0.2, 0.25) is 0 Å². The molecule has 0 amide bonds. The molecule has 0 bridgehead atoms. The Hall–Kier alpha value is -1.55. The number of thioether (sulfide) groups is 1. The lowest BCUT2D eigenvalue weighted by Gasteiger charge is -2.44. The molecule has 8 heteroatoms. The summed E-state index contributed by atoms with van der Waals surface area (Å²) in [6, 6.07) is 6.48. The molecule has 2 unspecified atom stereocenters. The number of rotatable bonds is 5. The number of hydrogen-bond donors (Lipinski definition) is 5. The zero-order valence-electron chi connectivity index (χ0n) is 17.8. The second-order valence-electron chi connectivity index (χ2n) is 8.39. The van der Waals surface area contributed by atoms with Gasteiger partial charge in [-0.05, 0) is 41.7 Å². The number of anilines is 1. The van der Waals surface area contributed by atoms with Gasteiger partial charge in [-0.1, -0.05) is 19.1 Å². The lowest BCUT2D eigenvalue weighted by Crippen LogP contribution is -2.59. The van der Waals surface area contributed by atoms with Crippen molar-refractivity contribution in [3.63, 3.8) is 0 Å². The van der Waals surface area contributed by atoms with E-state index in [1.165, 1.54) is 10.5 Å². The second-order valence-corrected chi connectivity index (χ2v) is 9.53. The maximum Gasteiger partial charge on any atom is 0.113 e. The molecule has 7 nitrogen and oxygen atoms in total. The van der Waals surface area contributed by atoms with Crippen molar-refractivity contribution in [2.24, 2.45) is 11.8 Å². The van der Waals surface area contributed by atoms with E-state index >= 15 is 0 Å². The number of aliphatic hydroxyl groups is 4. The summed E-state index contributed by atoms with van der Waals surface area (Å²) in [5.41, 5.74) is 3.16. The molecule has 1 aromatic rings. The fourth-order valence-electron chi connectivity index (χ4n) is 4.73. The van der Waals surface area contributed by atoms with Crippen molar-refractivity contribution >= 4 is 17.4 Å². The molecule has 0 spiro atoms. The molecule has 3 aliphatic rings. The zero-order chi connectivity index (χ0) is 22.1. The number of allylic oxidation sites excluding steroid dienone is 3. The first-order chi connectivity index (χ1) is 14.9. The zero-order valence-corrected chi connectivity index (χ0v) is 18.6. The van der Waals surface area contributed by atoms with E-state index in [0.717, 1.165) is 35.7 Å². The molecule has 31 heavy (non-hydrogen) atoms. The van der Waals surface area contributed by atoms with Crippen molar-refractivity contribution in [2.75, 3.05) is 31.3 Å². The van der Waals surface area contributed by atoms with Crippen molar-refractivity contribution < 1.29 is 29.9 Å². The number of benzene rings is 1. The van der Waals surface area contributed by atoms with E-state index in [4.69, 9.17) is 9.47 Å². The van der Waals surface area contributed by atoms with Gasteiger partial charge in [-0.2, -0.15) is 0 Å². The lowest BCUT2D eigenvalue weighted by molar-refractivity contribution is -0.221. The van der Waals surface area contributed by atoms with E-state index in [9.17, 15) is 20.4 Å². The normalized spacial score (nSPS) is 35.5. The standard InChI is InChI=1S/C23H31NO6S/c1-12-14(23-22(28)21(27)20(26)18(11-25)30-23)4-5-17(29-2)15(12)9-13-3-6-19-16(10-13)24-7-8-31-19/h3-6,10,12,15,18,20-28H,7-9,11H2,1-2H3/t12?,15?,18-,20-,21+,22-,23+/m1/s1. The largest absolute Gasteiger partial charge is 0.501 e. The van der Waals surface area contributed by atoms with Crippen molar-refractivity contribution in [2.45, 2.75) is 48.8 Å². The van der Waals surface area contributed by atoms with Gasteiger partial charge in [0.25, 0.3) is 0 Å². The topological polar surface area (TPSA) is 111 Å². The summed E-state index contributed by atoms with van der Waals surface area (Å²) in [4.78, 5) is 1.26. The molecule has 4 rings (SSSR count). The minimum atomic E-state index is -1.39. The van der Waals surface area contributed by atoms with Gasteiger partial charge in [0, 0.05) is 28.8 Å².